The molecule has 3 atom stereocenters. The third-order valence-corrected chi connectivity index (χ3v) is 7.14. The van der Waals surface area contributed by atoms with Gasteiger partial charge in [-0.15, -0.1) is 0 Å². The molecule has 162 valence electrons. The standard InChI is InChI=1S/C26H30N2O3/c1-26(2)28(23-20-15-9-8-14-19(20)16-21(23)31-26)25(30)22(17-10-6-7-11-17)27-24(29)18-12-4-3-5-13-18/h3-5,8-9,12-15,17,21-23H,6-7,10-11,16H2,1-2H3,(H,27,29)/t21-,22-,23+/m1/s1. The molecule has 3 aliphatic rings. The van der Waals surface area contributed by atoms with Gasteiger partial charge >= 0.3 is 0 Å². The number of nitrogens with zero attached hydrogens (tertiary/aromatic N) is 1. The molecule has 1 N–H and O–H groups in total. The minimum Gasteiger partial charge on any atom is -0.350 e. The lowest BCUT2D eigenvalue weighted by atomic mass is 9.94. The summed E-state index contributed by atoms with van der Waals surface area (Å²) in [5, 5.41) is 3.11. The van der Waals surface area contributed by atoms with Gasteiger partial charge in [0.1, 0.15) is 11.8 Å². The van der Waals surface area contributed by atoms with Gasteiger partial charge in [0.05, 0.1) is 12.1 Å². The van der Waals surface area contributed by atoms with E-state index in [1.165, 1.54) is 11.1 Å². The van der Waals surface area contributed by atoms with Gasteiger partial charge in [0.25, 0.3) is 5.91 Å². The average molecular weight is 419 g/mol. The molecule has 1 aliphatic heterocycles. The molecule has 0 bridgehead atoms. The molecular weight excluding hydrogens is 388 g/mol. The Morgan fingerprint density at radius 2 is 1.71 bits per heavy atom. The maximum absolute atomic E-state index is 14.1. The third kappa shape index (κ3) is 3.55. The first-order valence-electron chi connectivity index (χ1n) is 11.4. The Morgan fingerprint density at radius 3 is 2.45 bits per heavy atom. The lowest BCUT2D eigenvalue weighted by Crippen LogP contribution is -2.56. The smallest absolute Gasteiger partial charge is 0.251 e. The summed E-state index contributed by atoms with van der Waals surface area (Å²) < 4.78 is 6.38. The van der Waals surface area contributed by atoms with Gasteiger partial charge in [0.15, 0.2) is 0 Å². The van der Waals surface area contributed by atoms with Crippen molar-refractivity contribution in [3.05, 3.63) is 71.3 Å². The fourth-order valence-corrected chi connectivity index (χ4v) is 5.75. The summed E-state index contributed by atoms with van der Waals surface area (Å²) in [5.41, 5.74) is 2.29. The summed E-state index contributed by atoms with van der Waals surface area (Å²) in [7, 11) is 0. The average Bonchev–Trinajstić information content (AvgIpc) is 3.46. The van der Waals surface area contributed by atoms with Gasteiger partial charge in [-0.05, 0) is 55.9 Å². The number of carbonyl (C=O) groups excluding carboxylic acids is 2. The van der Waals surface area contributed by atoms with E-state index in [1.807, 2.05) is 49.1 Å². The van der Waals surface area contributed by atoms with Crippen LogP contribution in [0, 0.1) is 5.92 Å². The fraction of sp³-hybridized carbons (Fsp3) is 0.462. The van der Waals surface area contributed by atoms with Gasteiger partial charge in [0.2, 0.25) is 5.91 Å². The van der Waals surface area contributed by atoms with Crippen LogP contribution in [0.5, 0.6) is 0 Å². The minimum absolute atomic E-state index is 0.0228. The van der Waals surface area contributed by atoms with E-state index >= 15 is 0 Å². The molecule has 2 fully saturated rings. The zero-order valence-corrected chi connectivity index (χ0v) is 18.2. The van der Waals surface area contributed by atoms with E-state index in [-0.39, 0.29) is 29.9 Å². The lowest BCUT2D eigenvalue weighted by molar-refractivity contribution is -0.151. The van der Waals surface area contributed by atoms with Crippen molar-refractivity contribution < 1.29 is 14.3 Å². The second-order valence-electron chi connectivity index (χ2n) is 9.52. The first-order chi connectivity index (χ1) is 15.0. The Labute approximate surface area is 183 Å². The Bertz CT molecular complexity index is 981. The molecular formula is C26H30N2O3. The van der Waals surface area contributed by atoms with Crippen LogP contribution >= 0.6 is 0 Å². The largest absolute Gasteiger partial charge is 0.350 e. The van der Waals surface area contributed by atoms with Crippen LogP contribution in [0.25, 0.3) is 0 Å². The van der Waals surface area contributed by atoms with Crippen LogP contribution in [0.3, 0.4) is 0 Å². The van der Waals surface area contributed by atoms with Crippen molar-refractivity contribution in [3.8, 4) is 0 Å². The number of benzene rings is 2. The number of carbonyl (C=O) groups is 2. The van der Waals surface area contributed by atoms with Gasteiger partial charge < -0.3 is 15.0 Å². The fourth-order valence-electron chi connectivity index (χ4n) is 5.75. The normalized spacial score (nSPS) is 25.2. The molecule has 31 heavy (non-hydrogen) atoms. The van der Waals surface area contributed by atoms with Crippen LogP contribution in [-0.2, 0) is 16.0 Å². The first-order valence-corrected chi connectivity index (χ1v) is 11.4. The molecule has 1 saturated carbocycles. The second kappa shape index (κ2) is 7.79. The van der Waals surface area contributed by atoms with Crippen LogP contribution in [0.2, 0.25) is 0 Å². The van der Waals surface area contributed by atoms with Gasteiger partial charge in [0, 0.05) is 12.0 Å². The number of ether oxygens (including phenoxy) is 1. The lowest BCUT2D eigenvalue weighted by Gasteiger charge is -2.38. The van der Waals surface area contributed by atoms with E-state index in [0.29, 0.717) is 5.56 Å². The van der Waals surface area contributed by atoms with Crippen LogP contribution in [0.15, 0.2) is 54.6 Å². The minimum atomic E-state index is -0.714. The van der Waals surface area contributed by atoms with Crippen molar-refractivity contribution in [1.82, 2.24) is 10.2 Å². The number of hydrogen-bond acceptors (Lipinski definition) is 3. The monoisotopic (exact) mass is 418 g/mol. The van der Waals surface area contributed by atoms with E-state index < -0.39 is 11.8 Å². The molecule has 5 nitrogen and oxygen atoms in total. The highest BCUT2D eigenvalue weighted by Crippen LogP contribution is 2.49. The van der Waals surface area contributed by atoms with Crippen molar-refractivity contribution in [2.24, 2.45) is 5.92 Å². The highest BCUT2D eigenvalue weighted by molar-refractivity contribution is 5.97. The Kier molecular flexibility index (Phi) is 5.09. The van der Waals surface area contributed by atoms with Crippen molar-refractivity contribution >= 4 is 11.8 Å². The van der Waals surface area contributed by atoms with E-state index in [1.54, 1.807) is 12.1 Å². The molecule has 0 aromatic heterocycles. The summed E-state index contributed by atoms with van der Waals surface area (Å²) in [5.74, 6) is -0.0517. The first kappa shape index (κ1) is 20.3. The summed E-state index contributed by atoms with van der Waals surface area (Å²) in [6, 6.07) is 16.8. The number of amides is 2. The summed E-state index contributed by atoms with van der Waals surface area (Å²) in [6.07, 6.45) is 4.91. The molecule has 2 aromatic carbocycles. The Morgan fingerprint density at radius 1 is 1.03 bits per heavy atom. The third-order valence-electron chi connectivity index (χ3n) is 7.14. The van der Waals surface area contributed by atoms with Crippen LogP contribution in [0.4, 0.5) is 0 Å². The molecule has 1 saturated heterocycles. The molecule has 0 unspecified atom stereocenters. The molecule has 2 aromatic rings. The zero-order valence-electron chi connectivity index (χ0n) is 18.2. The molecule has 1 heterocycles. The Balaban J connectivity index is 1.47. The summed E-state index contributed by atoms with van der Waals surface area (Å²) in [6.45, 7) is 3.94. The molecule has 2 amide bonds. The highest BCUT2D eigenvalue weighted by Gasteiger charge is 2.55. The predicted octanol–water partition coefficient (Wildman–Crippen LogP) is 4.24. The maximum atomic E-state index is 14.1. The van der Waals surface area contributed by atoms with E-state index in [2.05, 4.69) is 17.4 Å². The van der Waals surface area contributed by atoms with Crippen molar-refractivity contribution in [1.29, 1.82) is 0 Å². The van der Waals surface area contributed by atoms with Gasteiger partial charge in [-0.1, -0.05) is 55.3 Å². The van der Waals surface area contributed by atoms with E-state index in [9.17, 15) is 9.59 Å². The molecule has 0 spiro atoms. The van der Waals surface area contributed by atoms with Gasteiger partial charge in [-0.2, -0.15) is 0 Å². The molecule has 5 rings (SSSR count). The quantitative estimate of drug-likeness (QED) is 0.808. The summed E-state index contributed by atoms with van der Waals surface area (Å²) in [4.78, 5) is 29.0. The van der Waals surface area contributed by atoms with E-state index in [4.69, 9.17) is 4.74 Å². The number of fused-ring (bicyclic) bond motifs is 3. The van der Waals surface area contributed by atoms with Crippen molar-refractivity contribution in [2.75, 3.05) is 0 Å². The van der Waals surface area contributed by atoms with Crippen LogP contribution in [-0.4, -0.2) is 34.6 Å². The number of hydrogen-bond donors (Lipinski definition) is 1. The van der Waals surface area contributed by atoms with Crippen molar-refractivity contribution in [3.63, 3.8) is 0 Å². The van der Waals surface area contributed by atoms with Gasteiger partial charge in [-0.3, -0.25) is 9.59 Å². The SMILES string of the molecule is CC1(C)O[C@@H]2Cc3ccccc3[C@@H]2N1C(=O)[C@H](NC(=O)c1ccccc1)C1CCCC1. The number of rotatable bonds is 4. The zero-order chi connectivity index (χ0) is 21.6. The van der Waals surface area contributed by atoms with E-state index in [0.717, 1.165) is 32.1 Å². The second-order valence-corrected chi connectivity index (χ2v) is 9.52. The van der Waals surface area contributed by atoms with Crippen molar-refractivity contribution in [2.45, 2.75) is 69.9 Å². The molecule has 5 heteroatoms. The topological polar surface area (TPSA) is 58.6 Å². The Hall–Kier alpha value is -2.66. The number of nitrogens with one attached hydrogen (secondary N) is 1. The molecule has 2 aliphatic carbocycles. The van der Waals surface area contributed by atoms with Crippen LogP contribution < -0.4 is 5.32 Å². The summed E-state index contributed by atoms with van der Waals surface area (Å²) >= 11 is 0. The highest BCUT2D eigenvalue weighted by atomic mass is 16.5. The predicted molar refractivity (Wildman–Crippen MR) is 118 cm³/mol. The van der Waals surface area contributed by atoms with Crippen LogP contribution in [0.1, 0.15) is 67.1 Å². The van der Waals surface area contributed by atoms with Gasteiger partial charge in [-0.25, -0.2) is 0 Å². The maximum Gasteiger partial charge on any atom is 0.251 e. The molecule has 0 radical (unpaired) electrons.